The molecule has 5 heteroatoms. The number of rotatable bonds is 6. The van der Waals surface area contributed by atoms with Crippen LogP contribution in [-0.2, 0) is 22.4 Å². The second-order valence-corrected chi connectivity index (χ2v) is 9.34. The molecule has 0 spiro atoms. The van der Waals surface area contributed by atoms with E-state index < -0.39 is 0 Å². The third-order valence-electron chi connectivity index (χ3n) is 5.56. The molecule has 1 aromatic rings. The van der Waals surface area contributed by atoms with Gasteiger partial charge in [0.2, 0.25) is 5.91 Å². The van der Waals surface area contributed by atoms with Crippen molar-refractivity contribution in [1.29, 1.82) is 0 Å². The molecule has 1 aromatic heterocycles. The second-order valence-electron chi connectivity index (χ2n) is 8.24. The van der Waals surface area contributed by atoms with Gasteiger partial charge in [0.1, 0.15) is 5.00 Å². The number of carbonyl (C=O) groups is 2. The predicted octanol–water partition coefficient (Wildman–Crippen LogP) is 5.45. The Hall–Kier alpha value is -1.36. The molecule has 1 unspecified atom stereocenters. The summed E-state index contributed by atoms with van der Waals surface area (Å²) in [6.45, 7) is 13.0. The van der Waals surface area contributed by atoms with E-state index in [-0.39, 0.29) is 23.2 Å². The minimum absolute atomic E-state index is 0.00603. The summed E-state index contributed by atoms with van der Waals surface area (Å²) in [7, 11) is 0. The first-order valence-corrected chi connectivity index (χ1v) is 10.7. The number of fused-ring (bicyclic) bond motifs is 1. The highest BCUT2D eigenvalue weighted by molar-refractivity contribution is 7.17. The topological polar surface area (TPSA) is 55.4 Å². The van der Waals surface area contributed by atoms with Crippen LogP contribution in [0.5, 0.6) is 0 Å². The SMILES string of the molecule is CCOC(=O)c1c(NC(=O)C(CC)CC)sc2c1CCC(C(C)(C)C)C2. The molecule has 1 heterocycles. The quantitative estimate of drug-likeness (QED) is 0.669. The van der Waals surface area contributed by atoms with E-state index in [1.165, 1.54) is 4.88 Å². The van der Waals surface area contributed by atoms with Gasteiger partial charge in [-0.05, 0) is 55.9 Å². The molecule has 1 aliphatic rings. The van der Waals surface area contributed by atoms with Crippen LogP contribution in [0.1, 0.15) is 81.6 Å². The van der Waals surface area contributed by atoms with Crippen LogP contribution in [0.3, 0.4) is 0 Å². The number of carbonyl (C=O) groups excluding carboxylic acids is 2. The lowest BCUT2D eigenvalue weighted by Crippen LogP contribution is -2.26. The van der Waals surface area contributed by atoms with E-state index in [1.54, 1.807) is 11.3 Å². The van der Waals surface area contributed by atoms with Gasteiger partial charge in [-0.2, -0.15) is 0 Å². The predicted molar refractivity (Wildman–Crippen MR) is 108 cm³/mol. The van der Waals surface area contributed by atoms with E-state index in [2.05, 4.69) is 26.1 Å². The molecule has 0 aliphatic heterocycles. The Morgan fingerprint density at radius 3 is 2.42 bits per heavy atom. The van der Waals surface area contributed by atoms with Gasteiger partial charge in [-0.3, -0.25) is 4.79 Å². The van der Waals surface area contributed by atoms with Crippen molar-refractivity contribution >= 4 is 28.2 Å². The van der Waals surface area contributed by atoms with Crippen molar-refractivity contribution in [3.05, 3.63) is 16.0 Å². The van der Waals surface area contributed by atoms with Crippen LogP contribution in [0.15, 0.2) is 0 Å². The number of hydrogen-bond donors (Lipinski definition) is 1. The molecular weight excluding hydrogens is 346 g/mol. The zero-order valence-corrected chi connectivity index (χ0v) is 17.8. The fourth-order valence-electron chi connectivity index (χ4n) is 3.71. The number of hydrogen-bond acceptors (Lipinski definition) is 4. The van der Waals surface area contributed by atoms with E-state index in [4.69, 9.17) is 4.74 Å². The summed E-state index contributed by atoms with van der Waals surface area (Å²) >= 11 is 1.57. The second kappa shape index (κ2) is 8.55. The normalized spacial score (nSPS) is 17.1. The Labute approximate surface area is 161 Å². The van der Waals surface area contributed by atoms with Crippen molar-refractivity contribution in [2.75, 3.05) is 11.9 Å². The Bertz CT molecular complexity index is 653. The maximum Gasteiger partial charge on any atom is 0.341 e. The van der Waals surface area contributed by atoms with E-state index in [9.17, 15) is 9.59 Å². The molecule has 0 saturated heterocycles. The average molecular weight is 380 g/mol. The molecule has 1 amide bonds. The number of esters is 1. The van der Waals surface area contributed by atoms with Gasteiger partial charge in [-0.15, -0.1) is 11.3 Å². The molecule has 1 N–H and O–H groups in total. The molecular formula is C21H33NO3S. The fourth-order valence-corrected chi connectivity index (χ4v) is 5.02. The number of nitrogens with one attached hydrogen (secondary N) is 1. The Morgan fingerprint density at radius 2 is 1.88 bits per heavy atom. The van der Waals surface area contributed by atoms with Crippen molar-refractivity contribution < 1.29 is 14.3 Å². The van der Waals surface area contributed by atoms with E-state index in [0.717, 1.165) is 37.7 Å². The van der Waals surface area contributed by atoms with E-state index >= 15 is 0 Å². The summed E-state index contributed by atoms with van der Waals surface area (Å²) in [6, 6.07) is 0. The molecule has 146 valence electrons. The Balaban J connectivity index is 2.37. The van der Waals surface area contributed by atoms with Crippen LogP contribution in [0.2, 0.25) is 0 Å². The van der Waals surface area contributed by atoms with Crippen LogP contribution in [0.4, 0.5) is 5.00 Å². The highest BCUT2D eigenvalue weighted by atomic mass is 32.1. The average Bonchev–Trinajstić information content (AvgIpc) is 2.92. The van der Waals surface area contributed by atoms with E-state index in [1.807, 2.05) is 20.8 Å². The van der Waals surface area contributed by atoms with Gasteiger partial charge in [-0.1, -0.05) is 34.6 Å². The van der Waals surface area contributed by atoms with Gasteiger partial charge in [0.05, 0.1) is 12.2 Å². The summed E-state index contributed by atoms with van der Waals surface area (Å²) in [5, 5.41) is 3.72. The summed E-state index contributed by atoms with van der Waals surface area (Å²) in [4.78, 5) is 26.4. The summed E-state index contributed by atoms with van der Waals surface area (Å²) in [5.74, 6) is 0.267. The highest BCUT2D eigenvalue weighted by Gasteiger charge is 2.34. The van der Waals surface area contributed by atoms with Crippen LogP contribution in [0, 0.1) is 17.3 Å². The number of anilines is 1. The van der Waals surface area contributed by atoms with Crippen LogP contribution < -0.4 is 5.32 Å². The summed E-state index contributed by atoms with van der Waals surface area (Å²) < 4.78 is 5.30. The monoisotopic (exact) mass is 379 g/mol. The number of ether oxygens (including phenoxy) is 1. The minimum Gasteiger partial charge on any atom is -0.462 e. The maximum atomic E-state index is 12.6. The zero-order valence-electron chi connectivity index (χ0n) is 17.0. The standard InChI is InChI=1S/C21H33NO3S/c1-7-13(8-2)18(23)22-19-17(20(24)25-9-3)15-11-10-14(21(4,5)6)12-16(15)26-19/h13-14H,7-12H2,1-6H3,(H,22,23). The van der Waals surface area contributed by atoms with Gasteiger partial charge in [0.25, 0.3) is 0 Å². The van der Waals surface area contributed by atoms with Crippen molar-refractivity contribution in [3.8, 4) is 0 Å². The van der Waals surface area contributed by atoms with Crippen molar-refractivity contribution in [1.82, 2.24) is 0 Å². The molecule has 0 aromatic carbocycles. The van der Waals surface area contributed by atoms with Crippen molar-refractivity contribution in [2.45, 2.75) is 73.6 Å². The number of thiophene rings is 1. The maximum absolute atomic E-state index is 12.6. The van der Waals surface area contributed by atoms with Crippen molar-refractivity contribution in [2.24, 2.45) is 17.3 Å². The molecule has 2 rings (SSSR count). The fraction of sp³-hybridized carbons (Fsp3) is 0.714. The first kappa shape index (κ1) is 20.9. The van der Waals surface area contributed by atoms with Crippen LogP contribution in [0.25, 0.3) is 0 Å². The molecule has 0 fully saturated rings. The molecule has 0 saturated carbocycles. The van der Waals surface area contributed by atoms with Gasteiger partial charge in [0, 0.05) is 10.8 Å². The zero-order chi connectivity index (χ0) is 19.5. The molecule has 1 aliphatic carbocycles. The van der Waals surface area contributed by atoms with E-state index in [0.29, 0.717) is 23.1 Å². The van der Waals surface area contributed by atoms with Gasteiger partial charge in [0.15, 0.2) is 0 Å². The molecule has 0 radical (unpaired) electrons. The molecule has 4 nitrogen and oxygen atoms in total. The summed E-state index contributed by atoms with van der Waals surface area (Å²) in [6.07, 6.45) is 4.52. The summed E-state index contributed by atoms with van der Waals surface area (Å²) in [5.41, 5.74) is 1.93. The Morgan fingerprint density at radius 1 is 1.23 bits per heavy atom. The van der Waals surface area contributed by atoms with Gasteiger partial charge in [-0.25, -0.2) is 4.79 Å². The molecule has 0 bridgehead atoms. The van der Waals surface area contributed by atoms with Crippen LogP contribution in [-0.4, -0.2) is 18.5 Å². The lowest BCUT2D eigenvalue weighted by molar-refractivity contribution is -0.120. The number of amides is 1. The lowest BCUT2D eigenvalue weighted by atomic mass is 9.72. The Kier molecular flexibility index (Phi) is 6.89. The van der Waals surface area contributed by atoms with Gasteiger partial charge < -0.3 is 10.1 Å². The molecule has 1 atom stereocenters. The first-order valence-electron chi connectivity index (χ1n) is 9.85. The minimum atomic E-state index is -0.306. The van der Waals surface area contributed by atoms with Crippen molar-refractivity contribution in [3.63, 3.8) is 0 Å². The highest BCUT2D eigenvalue weighted by Crippen LogP contribution is 2.44. The third kappa shape index (κ3) is 4.48. The third-order valence-corrected chi connectivity index (χ3v) is 6.73. The smallest absolute Gasteiger partial charge is 0.341 e. The van der Waals surface area contributed by atoms with Crippen LogP contribution >= 0.6 is 11.3 Å². The van der Waals surface area contributed by atoms with Gasteiger partial charge >= 0.3 is 5.97 Å². The lowest BCUT2D eigenvalue weighted by Gasteiger charge is -2.33. The largest absolute Gasteiger partial charge is 0.462 e. The first-order chi connectivity index (χ1) is 12.2. The molecule has 26 heavy (non-hydrogen) atoms.